The summed E-state index contributed by atoms with van der Waals surface area (Å²) in [5.74, 6) is -0.385. The number of nitrogen functional groups attached to an aromatic ring is 2. The number of aryl methyl sites for hydroxylation is 1. The third kappa shape index (κ3) is 3.39. The van der Waals surface area contributed by atoms with Gasteiger partial charge in [0.05, 0.1) is 17.1 Å². The molecule has 2 heterocycles. The van der Waals surface area contributed by atoms with Crippen LogP contribution >= 0.6 is 0 Å². The van der Waals surface area contributed by atoms with Gasteiger partial charge in [0.1, 0.15) is 5.56 Å². The van der Waals surface area contributed by atoms with Crippen LogP contribution in [-0.2, 0) is 11.3 Å². The van der Waals surface area contributed by atoms with Crippen molar-refractivity contribution < 1.29 is 9.53 Å². The Hall–Kier alpha value is -3.49. The van der Waals surface area contributed by atoms with E-state index in [2.05, 4.69) is 20.1 Å². The van der Waals surface area contributed by atoms with Crippen LogP contribution in [0.3, 0.4) is 0 Å². The Bertz CT molecular complexity index is 901. The smallest absolute Gasteiger partial charge is 0.342 e. The first-order valence-corrected chi connectivity index (χ1v) is 7.50. The van der Waals surface area contributed by atoms with E-state index < -0.39 is 5.97 Å². The van der Waals surface area contributed by atoms with Crippen LogP contribution in [0.25, 0.3) is 5.69 Å². The van der Waals surface area contributed by atoms with Gasteiger partial charge in [-0.25, -0.2) is 9.48 Å². The molecule has 1 aromatic carbocycles. The molecule has 0 aliphatic rings. The zero-order chi connectivity index (χ0) is 18.0. The molecule has 0 aliphatic heterocycles. The first-order valence-electron chi connectivity index (χ1n) is 7.50. The first kappa shape index (κ1) is 16.4. The van der Waals surface area contributed by atoms with Crippen LogP contribution in [0.5, 0.6) is 0 Å². The van der Waals surface area contributed by atoms with Gasteiger partial charge in [-0.15, -0.1) is 0 Å². The molecule has 2 aromatic heterocycles. The number of rotatable bonds is 4. The lowest BCUT2D eigenvalue weighted by Gasteiger charge is -2.06. The third-order valence-electron chi connectivity index (χ3n) is 3.54. The Labute approximate surface area is 143 Å². The Morgan fingerprint density at radius 2 is 1.72 bits per heavy atom. The largest absolute Gasteiger partial charge is 0.454 e. The molecule has 0 unspecified atom stereocenters. The van der Waals surface area contributed by atoms with Crippen LogP contribution in [0.2, 0.25) is 0 Å². The lowest BCUT2D eigenvalue weighted by atomic mass is 10.2. The van der Waals surface area contributed by atoms with Crippen molar-refractivity contribution in [1.82, 2.24) is 24.7 Å². The Morgan fingerprint density at radius 3 is 2.36 bits per heavy atom. The van der Waals surface area contributed by atoms with Crippen LogP contribution in [0.1, 0.15) is 27.6 Å². The number of nitrogens with two attached hydrogens (primary N) is 2. The molecular weight excluding hydrogens is 322 g/mol. The van der Waals surface area contributed by atoms with Crippen LogP contribution in [0, 0.1) is 13.8 Å². The SMILES string of the molecule is Cc1nn(-c2ccccc2)c(C)c1C(=O)OCc1nc(N)nc(N)n1. The molecular formula is C16H17N7O2. The highest BCUT2D eigenvalue weighted by Gasteiger charge is 2.21. The molecule has 0 atom stereocenters. The van der Waals surface area contributed by atoms with Crippen molar-refractivity contribution in [3.8, 4) is 5.69 Å². The van der Waals surface area contributed by atoms with E-state index in [1.165, 1.54) is 0 Å². The quantitative estimate of drug-likeness (QED) is 0.677. The molecule has 9 nitrogen and oxygen atoms in total. The molecule has 128 valence electrons. The number of aromatic nitrogens is 5. The monoisotopic (exact) mass is 339 g/mol. The molecule has 0 aliphatic carbocycles. The van der Waals surface area contributed by atoms with Gasteiger partial charge in [-0.1, -0.05) is 18.2 Å². The van der Waals surface area contributed by atoms with Crippen molar-refractivity contribution in [3.63, 3.8) is 0 Å². The van der Waals surface area contributed by atoms with Gasteiger partial charge in [0.2, 0.25) is 11.9 Å². The van der Waals surface area contributed by atoms with E-state index in [1.807, 2.05) is 37.3 Å². The zero-order valence-corrected chi connectivity index (χ0v) is 13.8. The van der Waals surface area contributed by atoms with Gasteiger partial charge < -0.3 is 16.2 Å². The summed E-state index contributed by atoms with van der Waals surface area (Å²) in [4.78, 5) is 23.9. The predicted octanol–water partition coefficient (Wildman–Crippen LogP) is 1.20. The number of esters is 1. The summed E-state index contributed by atoms with van der Waals surface area (Å²) < 4.78 is 6.98. The molecule has 0 radical (unpaired) electrons. The number of benzene rings is 1. The van der Waals surface area contributed by atoms with Gasteiger partial charge in [-0.3, -0.25) is 0 Å². The molecule has 0 fully saturated rings. The fourth-order valence-electron chi connectivity index (χ4n) is 2.48. The molecule has 3 rings (SSSR count). The van der Waals surface area contributed by atoms with Gasteiger partial charge >= 0.3 is 5.97 Å². The lowest BCUT2D eigenvalue weighted by Crippen LogP contribution is -2.12. The topological polar surface area (TPSA) is 135 Å². The van der Waals surface area contributed by atoms with Crippen LogP contribution in [-0.4, -0.2) is 30.7 Å². The second kappa shape index (κ2) is 6.56. The second-order valence-corrected chi connectivity index (χ2v) is 5.34. The van der Waals surface area contributed by atoms with E-state index >= 15 is 0 Å². The summed E-state index contributed by atoms with van der Waals surface area (Å²) in [6, 6.07) is 9.53. The van der Waals surface area contributed by atoms with E-state index in [1.54, 1.807) is 11.6 Å². The van der Waals surface area contributed by atoms with Gasteiger partial charge in [-0.05, 0) is 26.0 Å². The minimum Gasteiger partial charge on any atom is -0.454 e. The third-order valence-corrected chi connectivity index (χ3v) is 3.54. The average molecular weight is 339 g/mol. The van der Waals surface area contributed by atoms with E-state index in [0.29, 0.717) is 17.0 Å². The van der Waals surface area contributed by atoms with E-state index in [0.717, 1.165) is 5.69 Å². The number of nitrogens with zero attached hydrogens (tertiary/aromatic N) is 5. The summed E-state index contributed by atoms with van der Waals surface area (Å²) in [6.45, 7) is 3.40. The van der Waals surface area contributed by atoms with Gasteiger partial charge in [-0.2, -0.15) is 20.1 Å². The van der Waals surface area contributed by atoms with Crippen molar-refractivity contribution in [1.29, 1.82) is 0 Å². The minimum absolute atomic E-state index is 0.0252. The molecule has 0 bridgehead atoms. The van der Waals surface area contributed by atoms with Gasteiger partial charge in [0.15, 0.2) is 12.4 Å². The van der Waals surface area contributed by atoms with Crippen LogP contribution in [0.15, 0.2) is 30.3 Å². The molecule has 0 saturated heterocycles. The number of carbonyl (C=O) groups is 1. The molecule has 25 heavy (non-hydrogen) atoms. The van der Waals surface area contributed by atoms with Crippen molar-refractivity contribution in [2.75, 3.05) is 11.5 Å². The van der Waals surface area contributed by atoms with E-state index in [9.17, 15) is 4.79 Å². The summed E-state index contributed by atoms with van der Waals surface area (Å²) in [5.41, 5.74) is 13.5. The van der Waals surface area contributed by atoms with Crippen LogP contribution in [0.4, 0.5) is 11.9 Å². The van der Waals surface area contributed by atoms with E-state index in [4.69, 9.17) is 16.2 Å². The zero-order valence-electron chi connectivity index (χ0n) is 13.8. The van der Waals surface area contributed by atoms with Crippen molar-refractivity contribution in [2.45, 2.75) is 20.5 Å². The lowest BCUT2D eigenvalue weighted by molar-refractivity contribution is 0.0460. The van der Waals surface area contributed by atoms with Crippen LogP contribution < -0.4 is 11.5 Å². The molecule has 0 amide bonds. The van der Waals surface area contributed by atoms with E-state index in [-0.39, 0.29) is 24.3 Å². The van der Waals surface area contributed by atoms with Crippen molar-refractivity contribution in [3.05, 3.63) is 53.1 Å². The maximum absolute atomic E-state index is 12.5. The fraction of sp³-hybridized carbons (Fsp3) is 0.188. The van der Waals surface area contributed by atoms with Gasteiger partial charge in [0.25, 0.3) is 0 Å². The maximum atomic E-state index is 12.5. The summed E-state index contributed by atoms with van der Waals surface area (Å²) >= 11 is 0. The van der Waals surface area contributed by atoms with Gasteiger partial charge in [0, 0.05) is 0 Å². The number of hydrogen-bond donors (Lipinski definition) is 2. The van der Waals surface area contributed by atoms with Crippen molar-refractivity contribution in [2.24, 2.45) is 0 Å². The number of carbonyl (C=O) groups excluding carboxylic acids is 1. The summed E-state index contributed by atoms with van der Waals surface area (Å²) in [6.07, 6.45) is 0. The predicted molar refractivity (Wildman–Crippen MR) is 90.8 cm³/mol. The standard InChI is InChI=1S/C16H17N7O2/c1-9-13(10(2)23(22-9)11-6-4-3-5-7-11)14(24)25-8-12-19-15(17)21-16(18)20-12/h3-7H,8H2,1-2H3,(H4,17,18,19,20,21). The molecule has 3 aromatic rings. The molecule has 0 saturated carbocycles. The molecule has 0 spiro atoms. The highest BCUT2D eigenvalue weighted by Crippen LogP contribution is 2.19. The number of hydrogen-bond acceptors (Lipinski definition) is 8. The Kier molecular flexibility index (Phi) is 4.29. The Balaban J connectivity index is 1.82. The minimum atomic E-state index is -0.519. The average Bonchev–Trinajstić information content (AvgIpc) is 2.87. The molecule has 9 heteroatoms. The Morgan fingerprint density at radius 1 is 1.08 bits per heavy atom. The number of ether oxygens (including phenoxy) is 1. The van der Waals surface area contributed by atoms with Crippen molar-refractivity contribution >= 4 is 17.9 Å². The maximum Gasteiger partial charge on any atom is 0.342 e. The highest BCUT2D eigenvalue weighted by molar-refractivity contribution is 5.92. The summed E-state index contributed by atoms with van der Waals surface area (Å²) in [5, 5.41) is 4.42. The normalized spacial score (nSPS) is 10.6. The fourth-order valence-corrected chi connectivity index (χ4v) is 2.48. The number of anilines is 2. The first-order chi connectivity index (χ1) is 12.0. The molecule has 4 N–H and O–H groups in total. The highest BCUT2D eigenvalue weighted by atomic mass is 16.5. The number of para-hydroxylation sites is 1. The summed E-state index contributed by atoms with van der Waals surface area (Å²) in [7, 11) is 0. The second-order valence-electron chi connectivity index (χ2n) is 5.34.